The van der Waals surface area contributed by atoms with Crippen LogP contribution in [0.1, 0.15) is 28.8 Å². The molecule has 2 aromatic rings. The molecule has 5 heteroatoms. The Balaban J connectivity index is 1.59. The van der Waals surface area contributed by atoms with Crippen molar-refractivity contribution in [2.75, 3.05) is 6.61 Å². The van der Waals surface area contributed by atoms with Gasteiger partial charge in [-0.25, -0.2) is 4.39 Å². The monoisotopic (exact) mass is 327 g/mol. The first-order valence-electron chi connectivity index (χ1n) is 7.87. The molecule has 0 spiro atoms. The summed E-state index contributed by atoms with van der Waals surface area (Å²) >= 11 is 0. The highest BCUT2D eigenvalue weighted by atomic mass is 19.1. The average Bonchev–Trinajstić information content (AvgIpc) is 3.44. The van der Waals surface area contributed by atoms with Crippen LogP contribution in [0.4, 0.5) is 4.39 Å². The molecule has 0 N–H and O–H groups in total. The van der Waals surface area contributed by atoms with E-state index in [2.05, 4.69) is 0 Å². The van der Waals surface area contributed by atoms with Crippen LogP contribution in [0.15, 0.2) is 48.5 Å². The quantitative estimate of drug-likeness (QED) is 0.734. The Bertz CT molecular complexity index is 708. The lowest BCUT2D eigenvalue weighted by atomic mass is 10.2. The normalized spacial score (nSPS) is 13.4. The van der Waals surface area contributed by atoms with E-state index in [4.69, 9.17) is 4.74 Å². The van der Waals surface area contributed by atoms with Gasteiger partial charge in [0.2, 0.25) is 0 Å². The molecule has 0 heterocycles. The van der Waals surface area contributed by atoms with Gasteiger partial charge in [0.15, 0.2) is 6.61 Å². The van der Waals surface area contributed by atoms with Gasteiger partial charge in [-0.3, -0.25) is 9.59 Å². The maximum atomic E-state index is 13.0. The van der Waals surface area contributed by atoms with Crippen molar-refractivity contribution in [2.24, 2.45) is 0 Å². The second kappa shape index (κ2) is 7.25. The van der Waals surface area contributed by atoms with Gasteiger partial charge in [-0.2, -0.15) is 0 Å². The maximum Gasteiger partial charge on any atom is 0.261 e. The van der Waals surface area contributed by atoms with Crippen LogP contribution in [0.25, 0.3) is 0 Å². The molecule has 3 rings (SSSR count). The van der Waals surface area contributed by atoms with Crippen molar-refractivity contribution in [1.82, 2.24) is 4.90 Å². The zero-order chi connectivity index (χ0) is 16.9. The zero-order valence-corrected chi connectivity index (χ0v) is 13.2. The third-order valence-corrected chi connectivity index (χ3v) is 3.95. The molecule has 1 aliphatic carbocycles. The summed E-state index contributed by atoms with van der Waals surface area (Å²) < 4.78 is 18.5. The smallest absolute Gasteiger partial charge is 0.261 e. The van der Waals surface area contributed by atoms with Gasteiger partial charge in [-0.1, -0.05) is 12.1 Å². The third kappa shape index (κ3) is 4.19. The summed E-state index contributed by atoms with van der Waals surface area (Å²) in [5, 5.41) is 0. The number of carbonyl (C=O) groups is 2. The summed E-state index contributed by atoms with van der Waals surface area (Å²) in [7, 11) is 0. The fourth-order valence-corrected chi connectivity index (χ4v) is 2.46. The highest BCUT2D eigenvalue weighted by Crippen LogP contribution is 2.28. The van der Waals surface area contributed by atoms with E-state index >= 15 is 0 Å². The summed E-state index contributed by atoms with van der Waals surface area (Å²) in [6, 6.07) is 13.0. The van der Waals surface area contributed by atoms with Gasteiger partial charge < -0.3 is 9.64 Å². The SMILES string of the molecule is O=Cc1ccc(OCC(=O)N(Cc2ccc(F)cc2)C2CC2)cc1. The number of benzene rings is 2. The highest BCUT2D eigenvalue weighted by molar-refractivity contribution is 5.78. The summed E-state index contributed by atoms with van der Waals surface area (Å²) in [5.74, 6) is 0.165. The Morgan fingerprint density at radius 1 is 1.12 bits per heavy atom. The van der Waals surface area contributed by atoms with E-state index in [9.17, 15) is 14.0 Å². The Morgan fingerprint density at radius 2 is 1.79 bits per heavy atom. The van der Waals surface area contributed by atoms with Gasteiger partial charge >= 0.3 is 0 Å². The van der Waals surface area contributed by atoms with Crippen LogP contribution in [0.3, 0.4) is 0 Å². The van der Waals surface area contributed by atoms with E-state index in [1.54, 1.807) is 41.3 Å². The lowest BCUT2D eigenvalue weighted by Crippen LogP contribution is -2.36. The molecule has 2 aromatic carbocycles. The van der Waals surface area contributed by atoms with Crippen LogP contribution in [0.2, 0.25) is 0 Å². The molecule has 1 saturated carbocycles. The number of hydrogen-bond acceptors (Lipinski definition) is 3. The van der Waals surface area contributed by atoms with E-state index in [1.165, 1.54) is 12.1 Å². The Morgan fingerprint density at radius 3 is 2.38 bits per heavy atom. The average molecular weight is 327 g/mol. The summed E-state index contributed by atoms with van der Waals surface area (Å²) in [5.41, 5.74) is 1.46. The van der Waals surface area contributed by atoms with Gasteiger partial charge in [-0.05, 0) is 54.8 Å². The molecule has 0 aliphatic heterocycles. The first-order valence-corrected chi connectivity index (χ1v) is 7.87. The number of hydrogen-bond donors (Lipinski definition) is 0. The fourth-order valence-electron chi connectivity index (χ4n) is 2.46. The second-order valence-corrected chi connectivity index (χ2v) is 5.85. The molecule has 4 nitrogen and oxygen atoms in total. The third-order valence-electron chi connectivity index (χ3n) is 3.95. The van der Waals surface area contributed by atoms with Crippen molar-refractivity contribution in [1.29, 1.82) is 0 Å². The van der Waals surface area contributed by atoms with Crippen LogP contribution >= 0.6 is 0 Å². The van der Waals surface area contributed by atoms with Crippen molar-refractivity contribution in [3.05, 3.63) is 65.5 Å². The lowest BCUT2D eigenvalue weighted by molar-refractivity contribution is -0.134. The summed E-state index contributed by atoms with van der Waals surface area (Å²) in [6.07, 6.45) is 2.73. The van der Waals surface area contributed by atoms with Crippen LogP contribution in [0, 0.1) is 5.82 Å². The van der Waals surface area contributed by atoms with Crippen molar-refractivity contribution in [3.63, 3.8) is 0 Å². The minimum Gasteiger partial charge on any atom is -0.484 e. The van der Waals surface area contributed by atoms with Crippen LogP contribution in [-0.2, 0) is 11.3 Å². The van der Waals surface area contributed by atoms with Gasteiger partial charge in [0.1, 0.15) is 17.9 Å². The molecule has 0 unspecified atom stereocenters. The van der Waals surface area contributed by atoms with Crippen molar-refractivity contribution in [3.8, 4) is 5.75 Å². The van der Waals surface area contributed by atoms with E-state index in [0.29, 0.717) is 17.9 Å². The van der Waals surface area contributed by atoms with E-state index in [1.807, 2.05) is 0 Å². The minimum atomic E-state index is -0.287. The highest BCUT2D eigenvalue weighted by Gasteiger charge is 2.32. The van der Waals surface area contributed by atoms with Gasteiger partial charge in [0, 0.05) is 18.2 Å². The first kappa shape index (κ1) is 16.2. The van der Waals surface area contributed by atoms with E-state index in [0.717, 1.165) is 24.7 Å². The Hall–Kier alpha value is -2.69. The van der Waals surface area contributed by atoms with Crippen molar-refractivity contribution >= 4 is 12.2 Å². The molecule has 124 valence electrons. The van der Waals surface area contributed by atoms with Gasteiger partial charge in [0.25, 0.3) is 5.91 Å². The predicted molar refractivity (Wildman–Crippen MR) is 87.3 cm³/mol. The number of halogens is 1. The lowest BCUT2D eigenvalue weighted by Gasteiger charge is -2.22. The summed E-state index contributed by atoms with van der Waals surface area (Å²) in [6.45, 7) is 0.398. The zero-order valence-electron chi connectivity index (χ0n) is 13.2. The molecule has 24 heavy (non-hydrogen) atoms. The van der Waals surface area contributed by atoms with Gasteiger partial charge in [0.05, 0.1) is 0 Å². The molecule has 1 aliphatic rings. The fraction of sp³-hybridized carbons (Fsp3) is 0.263. The first-order chi connectivity index (χ1) is 11.7. The molecule has 0 radical (unpaired) electrons. The molecule has 0 aromatic heterocycles. The minimum absolute atomic E-state index is 0.0574. The number of aldehydes is 1. The van der Waals surface area contributed by atoms with Crippen molar-refractivity contribution < 1.29 is 18.7 Å². The number of nitrogens with zero attached hydrogens (tertiary/aromatic N) is 1. The standard InChI is InChI=1S/C19H18FNO3/c20-16-5-1-14(2-6-16)11-21(17-7-8-17)19(23)13-24-18-9-3-15(12-22)4-10-18/h1-6,9-10,12,17H,7-8,11,13H2. The molecule has 1 fully saturated rings. The number of rotatable bonds is 7. The molecule has 0 saturated heterocycles. The topological polar surface area (TPSA) is 46.6 Å². The number of ether oxygens (including phenoxy) is 1. The molecule has 1 amide bonds. The van der Waals surface area contributed by atoms with Gasteiger partial charge in [-0.15, -0.1) is 0 Å². The second-order valence-electron chi connectivity index (χ2n) is 5.85. The van der Waals surface area contributed by atoms with Crippen LogP contribution in [0.5, 0.6) is 5.75 Å². The Kier molecular flexibility index (Phi) is 4.89. The number of carbonyl (C=O) groups excluding carboxylic acids is 2. The molecule has 0 atom stereocenters. The largest absolute Gasteiger partial charge is 0.484 e. The summed E-state index contributed by atoms with van der Waals surface area (Å²) in [4.78, 5) is 24.9. The predicted octanol–water partition coefficient (Wildman–Crippen LogP) is 3.21. The molecule has 0 bridgehead atoms. The Labute approximate surface area is 139 Å². The molecular formula is C19H18FNO3. The van der Waals surface area contributed by atoms with Crippen LogP contribution < -0.4 is 4.74 Å². The van der Waals surface area contributed by atoms with E-state index < -0.39 is 0 Å². The number of amides is 1. The van der Waals surface area contributed by atoms with E-state index in [-0.39, 0.29) is 24.4 Å². The van der Waals surface area contributed by atoms with Crippen molar-refractivity contribution in [2.45, 2.75) is 25.4 Å². The van der Waals surface area contributed by atoms with Crippen LogP contribution in [-0.4, -0.2) is 29.7 Å². The molecular weight excluding hydrogens is 309 g/mol. The maximum absolute atomic E-state index is 13.0.